The van der Waals surface area contributed by atoms with E-state index >= 15 is 0 Å². The molecular formula is C63H38N2O2. The van der Waals surface area contributed by atoms with Gasteiger partial charge in [-0.15, -0.1) is 0 Å². The van der Waals surface area contributed by atoms with Crippen molar-refractivity contribution in [1.82, 2.24) is 4.57 Å². The van der Waals surface area contributed by atoms with Crippen LogP contribution in [-0.4, -0.2) is 4.57 Å². The zero-order chi connectivity index (χ0) is 43.8. The van der Waals surface area contributed by atoms with E-state index < -0.39 is 5.41 Å². The maximum absolute atomic E-state index is 7.17. The van der Waals surface area contributed by atoms with Crippen molar-refractivity contribution in [2.24, 2.45) is 0 Å². The zero-order valence-corrected chi connectivity index (χ0v) is 36.2. The first-order valence-electron chi connectivity index (χ1n) is 23.0. The van der Waals surface area contributed by atoms with Crippen molar-refractivity contribution in [2.45, 2.75) is 5.41 Å². The van der Waals surface area contributed by atoms with Crippen molar-refractivity contribution in [3.05, 3.63) is 253 Å². The summed E-state index contributed by atoms with van der Waals surface area (Å²) in [5.74, 6) is 1.70. The Bertz CT molecular complexity index is 4220. The predicted octanol–water partition coefficient (Wildman–Crippen LogP) is 16.9. The van der Waals surface area contributed by atoms with Gasteiger partial charge in [-0.3, -0.25) is 0 Å². The highest BCUT2D eigenvalue weighted by Crippen LogP contribution is 2.62. The van der Waals surface area contributed by atoms with Crippen molar-refractivity contribution in [3.8, 4) is 28.3 Å². The summed E-state index contributed by atoms with van der Waals surface area (Å²) in [5, 5.41) is 9.42. The molecule has 1 atom stereocenters. The molecule has 312 valence electrons. The van der Waals surface area contributed by atoms with Gasteiger partial charge in [-0.2, -0.15) is 0 Å². The number of aromatic nitrogens is 1. The standard InChI is InChI=1S/C63H38N2O2/c1-2-19-43-39(15-1)16-13-28-53(43)64(41-33-35-46-45-21-4-8-27-54(45)65(56(46)37-41)55-29-14-32-59-62(55)48-22-5-9-30-57(48)66-59)42-34-36-51-60(38-42)67-58-31-10-7-25-50(58)63(51)49-24-6-3-20-44(49)47-23-11-17-40-18-12-26-52(63)61(40)47/h1-38H. The Morgan fingerprint density at radius 1 is 0.373 bits per heavy atom. The molecule has 0 N–H and O–H groups in total. The van der Waals surface area contributed by atoms with Gasteiger partial charge in [0.25, 0.3) is 0 Å². The van der Waals surface area contributed by atoms with Crippen molar-refractivity contribution in [3.63, 3.8) is 0 Å². The van der Waals surface area contributed by atoms with Gasteiger partial charge in [0.2, 0.25) is 0 Å². The molecule has 4 nitrogen and oxygen atoms in total. The van der Waals surface area contributed by atoms with Crippen LogP contribution in [0.5, 0.6) is 11.5 Å². The first-order valence-corrected chi connectivity index (χ1v) is 23.0. The molecule has 3 heterocycles. The van der Waals surface area contributed by atoms with Crippen LogP contribution in [-0.2, 0) is 5.41 Å². The van der Waals surface area contributed by atoms with Gasteiger partial charge in [0, 0.05) is 50.1 Å². The third kappa shape index (κ3) is 4.91. The second kappa shape index (κ2) is 13.6. The molecule has 0 bridgehead atoms. The molecule has 0 saturated heterocycles. The summed E-state index contributed by atoms with van der Waals surface area (Å²) in [5.41, 5.74) is 14.9. The second-order valence-corrected chi connectivity index (χ2v) is 17.9. The maximum Gasteiger partial charge on any atom is 0.137 e. The number of benzene rings is 11. The van der Waals surface area contributed by atoms with E-state index in [1.54, 1.807) is 0 Å². The van der Waals surface area contributed by atoms with Crippen LogP contribution in [0.25, 0.3) is 82.1 Å². The van der Waals surface area contributed by atoms with Crippen molar-refractivity contribution in [1.29, 1.82) is 0 Å². The largest absolute Gasteiger partial charge is 0.457 e. The molecular weight excluding hydrogens is 817 g/mol. The van der Waals surface area contributed by atoms with Gasteiger partial charge in [-0.1, -0.05) is 170 Å². The highest BCUT2D eigenvalue weighted by Gasteiger charge is 2.49. The van der Waals surface area contributed by atoms with Crippen LogP contribution in [0.2, 0.25) is 0 Å². The molecule has 1 aliphatic heterocycles. The summed E-state index contributed by atoms with van der Waals surface area (Å²) in [6.07, 6.45) is 0. The average Bonchev–Trinajstić information content (AvgIpc) is 3.93. The summed E-state index contributed by atoms with van der Waals surface area (Å²) in [7, 11) is 0. The van der Waals surface area contributed by atoms with Gasteiger partial charge < -0.3 is 18.6 Å². The highest BCUT2D eigenvalue weighted by molar-refractivity contribution is 6.15. The Morgan fingerprint density at radius 2 is 1.00 bits per heavy atom. The normalized spacial score (nSPS) is 14.7. The van der Waals surface area contributed by atoms with Crippen LogP contribution in [0, 0.1) is 0 Å². The lowest BCUT2D eigenvalue weighted by atomic mass is 9.58. The predicted molar refractivity (Wildman–Crippen MR) is 275 cm³/mol. The summed E-state index contributed by atoms with van der Waals surface area (Å²) in [6.45, 7) is 0. The molecule has 1 spiro atoms. The van der Waals surface area contributed by atoms with Crippen LogP contribution in [0.3, 0.4) is 0 Å². The number of hydrogen-bond donors (Lipinski definition) is 0. The summed E-state index contributed by atoms with van der Waals surface area (Å²) >= 11 is 0. The Labute approximate surface area is 385 Å². The van der Waals surface area contributed by atoms with E-state index in [1.807, 2.05) is 6.07 Å². The lowest BCUT2D eigenvalue weighted by Crippen LogP contribution is -2.36. The Hall–Kier alpha value is -8.86. The van der Waals surface area contributed by atoms with Crippen molar-refractivity contribution in [2.75, 3.05) is 4.90 Å². The van der Waals surface area contributed by atoms with E-state index in [2.05, 4.69) is 234 Å². The fraction of sp³-hybridized carbons (Fsp3) is 0.0159. The number of hydrogen-bond acceptors (Lipinski definition) is 3. The van der Waals surface area contributed by atoms with E-state index in [1.165, 1.54) is 49.2 Å². The molecule has 11 aromatic carbocycles. The van der Waals surface area contributed by atoms with Crippen molar-refractivity contribution >= 4 is 82.4 Å². The monoisotopic (exact) mass is 854 g/mol. The first kappa shape index (κ1) is 36.5. The number of fused-ring (bicyclic) bond motifs is 15. The number of ether oxygens (including phenoxy) is 1. The molecule has 2 aliphatic rings. The van der Waals surface area contributed by atoms with Crippen LogP contribution in [0.1, 0.15) is 22.3 Å². The number of nitrogens with zero attached hydrogens (tertiary/aromatic N) is 2. The van der Waals surface area contributed by atoms with Crippen LogP contribution in [0.4, 0.5) is 17.1 Å². The van der Waals surface area contributed by atoms with Gasteiger partial charge >= 0.3 is 0 Å². The van der Waals surface area contributed by atoms with Gasteiger partial charge in [-0.05, 0) is 93.0 Å². The van der Waals surface area contributed by atoms with E-state index in [-0.39, 0.29) is 0 Å². The van der Waals surface area contributed by atoms with Crippen LogP contribution in [0.15, 0.2) is 235 Å². The minimum absolute atomic E-state index is 0.629. The molecule has 67 heavy (non-hydrogen) atoms. The van der Waals surface area contributed by atoms with Gasteiger partial charge in [0.15, 0.2) is 0 Å². The topological polar surface area (TPSA) is 30.5 Å². The van der Waals surface area contributed by atoms with E-state index in [0.29, 0.717) is 0 Å². The van der Waals surface area contributed by atoms with Crippen LogP contribution >= 0.6 is 0 Å². The quantitative estimate of drug-likeness (QED) is 0.177. The zero-order valence-electron chi connectivity index (χ0n) is 36.2. The second-order valence-electron chi connectivity index (χ2n) is 17.9. The van der Waals surface area contributed by atoms with Gasteiger partial charge in [0.05, 0.1) is 33.2 Å². The van der Waals surface area contributed by atoms with Gasteiger partial charge in [0.1, 0.15) is 22.7 Å². The van der Waals surface area contributed by atoms with Crippen LogP contribution < -0.4 is 9.64 Å². The highest BCUT2D eigenvalue weighted by atomic mass is 16.5. The molecule has 2 aromatic heterocycles. The van der Waals surface area contributed by atoms with E-state index in [0.717, 1.165) is 83.7 Å². The number of rotatable bonds is 4. The fourth-order valence-corrected chi connectivity index (χ4v) is 12.0. The van der Waals surface area contributed by atoms with E-state index in [9.17, 15) is 0 Å². The number of anilines is 3. The first-order chi connectivity index (χ1) is 33.2. The summed E-state index contributed by atoms with van der Waals surface area (Å²) < 4.78 is 16.1. The number of para-hydroxylation sites is 3. The van der Waals surface area contributed by atoms with Gasteiger partial charge in [-0.25, -0.2) is 0 Å². The lowest BCUT2D eigenvalue weighted by Gasteiger charge is -2.45. The molecule has 0 amide bonds. The molecule has 0 radical (unpaired) electrons. The SMILES string of the molecule is c1ccc2c(c1)Oc1cc(N(c3ccc4c5ccccc5n(-c5cccc6oc7ccccc7c56)c4c3)c3cccc4ccccc34)ccc1C21c2ccccc2-c2cccc3cccc1c23. The minimum atomic E-state index is -0.629. The Kier molecular flexibility index (Phi) is 7.40. The molecule has 0 fully saturated rings. The lowest BCUT2D eigenvalue weighted by molar-refractivity contribution is 0.435. The third-order valence-electron chi connectivity index (χ3n) is 14.6. The maximum atomic E-state index is 7.17. The summed E-state index contributed by atoms with van der Waals surface area (Å²) in [4.78, 5) is 2.42. The molecule has 15 rings (SSSR count). The minimum Gasteiger partial charge on any atom is -0.457 e. The third-order valence-corrected chi connectivity index (χ3v) is 14.6. The number of furan rings is 1. The molecule has 4 heteroatoms. The Morgan fingerprint density at radius 3 is 1.94 bits per heavy atom. The molecule has 0 saturated carbocycles. The fourth-order valence-electron chi connectivity index (χ4n) is 12.0. The van der Waals surface area contributed by atoms with Crippen molar-refractivity contribution < 1.29 is 9.15 Å². The molecule has 1 unspecified atom stereocenters. The Balaban J connectivity index is 1.01. The average molecular weight is 855 g/mol. The summed E-state index contributed by atoms with van der Waals surface area (Å²) in [6, 6.07) is 83.8. The smallest absolute Gasteiger partial charge is 0.137 e. The van der Waals surface area contributed by atoms with E-state index in [4.69, 9.17) is 9.15 Å². The molecule has 1 aliphatic carbocycles. The molecule has 13 aromatic rings.